The molecule has 0 N–H and O–H groups in total. The summed E-state index contributed by atoms with van der Waals surface area (Å²) in [6.07, 6.45) is 7.38. The second-order valence-corrected chi connectivity index (χ2v) is 9.44. The first kappa shape index (κ1) is 19.8. The molecule has 0 radical (unpaired) electrons. The Morgan fingerprint density at radius 1 is 1.17 bits per heavy atom. The molecule has 0 spiro atoms. The average molecular weight is 414 g/mol. The van der Waals surface area contributed by atoms with Crippen LogP contribution < -0.4 is 0 Å². The maximum atomic E-state index is 13.1. The zero-order valence-corrected chi connectivity index (χ0v) is 17.1. The Kier molecular flexibility index (Phi) is 5.52. The maximum Gasteiger partial charge on any atom is 0.211 e. The molecule has 1 fully saturated rings. The molecule has 2 aromatic carbocycles. The van der Waals surface area contributed by atoms with Crippen LogP contribution in [0.5, 0.6) is 0 Å². The minimum atomic E-state index is -3.23. The van der Waals surface area contributed by atoms with Gasteiger partial charge in [-0.2, -0.15) is 4.31 Å². The topological polar surface area (TPSA) is 55.2 Å². The first-order valence-electron chi connectivity index (χ1n) is 9.73. The molecule has 5 nitrogen and oxygen atoms in total. The molecular formula is C22H24FN3O2S. The molecule has 1 unspecified atom stereocenters. The van der Waals surface area contributed by atoms with Gasteiger partial charge in [0.15, 0.2) is 0 Å². The summed E-state index contributed by atoms with van der Waals surface area (Å²) in [7, 11) is -3.23. The van der Waals surface area contributed by atoms with Gasteiger partial charge in [-0.1, -0.05) is 30.3 Å². The van der Waals surface area contributed by atoms with Crippen LogP contribution >= 0.6 is 0 Å². The number of hydrogen-bond acceptors (Lipinski definition) is 3. The Morgan fingerprint density at radius 3 is 2.72 bits per heavy atom. The standard InChI is InChI=1S/C22H24FN3O2S/c1-29(27,28)26-12-3-6-21(26)18-4-2-5-19(14-18)22-15-24-16-25(22)13-11-17-7-9-20(23)10-8-17/h2,4-5,7-10,14-16,21H,3,6,11-13H2,1H3. The fourth-order valence-corrected chi connectivity index (χ4v) is 5.17. The number of sulfonamides is 1. The van der Waals surface area contributed by atoms with Gasteiger partial charge in [-0.25, -0.2) is 17.8 Å². The summed E-state index contributed by atoms with van der Waals surface area (Å²) in [5, 5.41) is 0. The van der Waals surface area contributed by atoms with E-state index in [9.17, 15) is 12.8 Å². The molecule has 0 bridgehead atoms. The molecule has 0 aliphatic carbocycles. The van der Waals surface area contributed by atoms with Gasteiger partial charge in [0.2, 0.25) is 10.0 Å². The van der Waals surface area contributed by atoms with E-state index in [1.54, 1.807) is 22.8 Å². The molecule has 1 atom stereocenters. The third-order valence-corrected chi connectivity index (χ3v) is 6.75. The van der Waals surface area contributed by atoms with Gasteiger partial charge in [-0.15, -0.1) is 0 Å². The van der Waals surface area contributed by atoms with E-state index in [2.05, 4.69) is 15.6 Å². The van der Waals surface area contributed by atoms with Crippen LogP contribution in [0.25, 0.3) is 11.3 Å². The van der Waals surface area contributed by atoms with Crippen molar-refractivity contribution in [3.63, 3.8) is 0 Å². The molecule has 1 aromatic heterocycles. The van der Waals surface area contributed by atoms with Crippen molar-refractivity contribution in [2.45, 2.75) is 31.8 Å². The van der Waals surface area contributed by atoms with Crippen molar-refractivity contribution in [1.82, 2.24) is 13.9 Å². The Balaban J connectivity index is 1.56. The highest BCUT2D eigenvalue weighted by Gasteiger charge is 2.32. The van der Waals surface area contributed by atoms with Crippen LogP contribution in [-0.2, 0) is 23.0 Å². The van der Waals surface area contributed by atoms with Gasteiger partial charge in [-0.3, -0.25) is 0 Å². The van der Waals surface area contributed by atoms with Crippen LogP contribution in [0.1, 0.15) is 30.0 Å². The van der Waals surface area contributed by atoms with E-state index in [4.69, 9.17) is 0 Å². The van der Waals surface area contributed by atoms with Crippen LogP contribution in [0.4, 0.5) is 4.39 Å². The zero-order chi connectivity index (χ0) is 20.4. The fraction of sp³-hybridized carbons (Fsp3) is 0.318. The van der Waals surface area contributed by atoms with Crippen molar-refractivity contribution >= 4 is 10.0 Å². The van der Waals surface area contributed by atoms with Crippen molar-refractivity contribution in [3.05, 3.63) is 78.0 Å². The van der Waals surface area contributed by atoms with Gasteiger partial charge in [-0.05, 0) is 48.6 Å². The quantitative estimate of drug-likeness (QED) is 0.613. The van der Waals surface area contributed by atoms with Gasteiger partial charge in [0.1, 0.15) is 5.82 Å². The smallest absolute Gasteiger partial charge is 0.211 e. The summed E-state index contributed by atoms with van der Waals surface area (Å²) in [4.78, 5) is 4.30. The maximum absolute atomic E-state index is 13.1. The summed E-state index contributed by atoms with van der Waals surface area (Å²) in [5.41, 5.74) is 4.07. The predicted molar refractivity (Wildman–Crippen MR) is 111 cm³/mol. The number of aryl methyl sites for hydroxylation is 2. The van der Waals surface area contributed by atoms with Gasteiger partial charge < -0.3 is 4.57 Å². The highest BCUT2D eigenvalue weighted by Crippen LogP contribution is 2.35. The molecule has 0 saturated carbocycles. The number of halogens is 1. The number of rotatable bonds is 6. The summed E-state index contributed by atoms with van der Waals surface area (Å²) in [5.74, 6) is -0.232. The molecule has 0 amide bonds. The molecule has 152 valence electrons. The van der Waals surface area contributed by atoms with E-state index in [0.717, 1.165) is 48.2 Å². The Labute approximate surface area is 170 Å². The molecule has 1 aliphatic rings. The molecule has 7 heteroatoms. The lowest BCUT2D eigenvalue weighted by atomic mass is 10.0. The van der Waals surface area contributed by atoms with Gasteiger partial charge in [0.05, 0.1) is 24.5 Å². The average Bonchev–Trinajstić information content (AvgIpc) is 3.37. The second kappa shape index (κ2) is 8.08. The van der Waals surface area contributed by atoms with Crippen molar-refractivity contribution < 1.29 is 12.8 Å². The van der Waals surface area contributed by atoms with Crippen molar-refractivity contribution in [2.24, 2.45) is 0 Å². The monoisotopic (exact) mass is 413 g/mol. The Hall–Kier alpha value is -2.51. The van der Waals surface area contributed by atoms with Crippen LogP contribution in [0.2, 0.25) is 0 Å². The highest BCUT2D eigenvalue weighted by atomic mass is 32.2. The molecule has 2 heterocycles. The number of imidazole rings is 1. The molecule has 29 heavy (non-hydrogen) atoms. The van der Waals surface area contributed by atoms with Crippen LogP contribution in [0, 0.1) is 5.82 Å². The van der Waals surface area contributed by atoms with Crippen molar-refractivity contribution in [1.29, 1.82) is 0 Å². The third-order valence-electron chi connectivity index (χ3n) is 5.46. The molecule has 4 rings (SSSR count). The van der Waals surface area contributed by atoms with E-state index in [1.165, 1.54) is 18.4 Å². The number of hydrogen-bond donors (Lipinski definition) is 0. The van der Waals surface area contributed by atoms with E-state index in [0.29, 0.717) is 6.54 Å². The lowest BCUT2D eigenvalue weighted by molar-refractivity contribution is 0.400. The van der Waals surface area contributed by atoms with Gasteiger partial charge in [0.25, 0.3) is 0 Å². The molecule has 3 aromatic rings. The normalized spacial score (nSPS) is 17.7. The Bertz CT molecular complexity index is 1090. The highest BCUT2D eigenvalue weighted by molar-refractivity contribution is 7.88. The molecular weight excluding hydrogens is 389 g/mol. The minimum absolute atomic E-state index is 0.111. The predicted octanol–water partition coefficient (Wildman–Crippen LogP) is 4.03. The lowest BCUT2D eigenvalue weighted by Gasteiger charge is -2.23. The lowest BCUT2D eigenvalue weighted by Crippen LogP contribution is -2.29. The summed E-state index contributed by atoms with van der Waals surface area (Å²) in [6, 6.07) is 14.5. The minimum Gasteiger partial charge on any atom is -0.330 e. The van der Waals surface area contributed by atoms with Gasteiger partial charge in [0, 0.05) is 24.7 Å². The van der Waals surface area contributed by atoms with Crippen molar-refractivity contribution in [3.8, 4) is 11.3 Å². The van der Waals surface area contributed by atoms with Gasteiger partial charge >= 0.3 is 0 Å². The number of benzene rings is 2. The van der Waals surface area contributed by atoms with Crippen LogP contribution in [0.15, 0.2) is 61.1 Å². The first-order chi connectivity index (χ1) is 13.9. The van der Waals surface area contributed by atoms with E-state index < -0.39 is 10.0 Å². The van der Waals surface area contributed by atoms with E-state index >= 15 is 0 Å². The fourth-order valence-electron chi connectivity index (χ4n) is 4.02. The number of aromatic nitrogens is 2. The van der Waals surface area contributed by atoms with Crippen molar-refractivity contribution in [2.75, 3.05) is 12.8 Å². The van der Waals surface area contributed by atoms with E-state index in [1.807, 2.05) is 24.4 Å². The zero-order valence-electron chi connectivity index (χ0n) is 16.3. The third kappa shape index (κ3) is 4.41. The summed E-state index contributed by atoms with van der Waals surface area (Å²) >= 11 is 0. The number of nitrogens with zero attached hydrogens (tertiary/aromatic N) is 3. The van der Waals surface area contributed by atoms with Crippen LogP contribution in [-0.4, -0.2) is 35.1 Å². The SMILES string of the molecule is CS(=O)(=O)N1CCCC1c1cccc(-c2cncn2CCc2ccc(F)cc2)c1. The van der Waals surface area contributed by atoms with E-state index in [-0.39, 0.29) is 11.9 Å². The second-order valence-electron chi connectivity index (χ2n) is 7.51. The molecule has 1 saturated heterocycles. The largest absolute Gasteiger partial charge is 0.330 e. The Morgan fingerprint density at radius 2 is 1.97 bits per heavy atom. The first-order valence-corrected chi connectivity index (χ1v) is 11.6. The summed E-state index contributed by atoms with van der Waals surface area (Å²) < 4.78 is 41.0. The molecule has 1 aliphatic heterocycles. The van der Waals surface area contributed by atoms with Crippen LogP contribution in [0.3, 0.4) is 0 Å². The summed E-state index contributed by atoms with van der Waals surface area (Å²) in [6.45, 7) is 1.30.